The van der Waals surface area contributed by atoms with Crippen LogP contribution in [0.4, 0.5) is 14.6 Å². The molecule has 5 rings (SSSR count). The zero-order chi connectivity index (χ0) is 28.4. The van der Waals surface area contributed by atoms with Crippen LogP contribution in [0.2, 0.25) is 5.02 Å². The van der Waals surface area contributed by atoms with Gasteiger partial charge in [0.15, 0.2) is 0 Å². The Morgan fingerprint density at radius 3 is 2.73 bits per heavy atom. The molecular weight excluding hydrogens is 542 g/mol. The first-order valence-corrected chi connectivity index (χ1v) is 13.0. The number of alkyl halides is 2. The van der Waals surface area contributed by atoms with Crippen LogP contribution >= 0.6 is 11.6 Å². The highest BCUT2D eigenvalue weighted by atomic mass is 35.5. The summed E-state index contributed by atoms with van der Waals surface area (Å²) in [5.41, 5.74) is 1.45. The first kappa shape index (κ1) is 27.3. The molecule has 13 heteroatoms. The topological polar surface area (TPSA) is 119 Å². The third-order valence-corrected chi connectivity index (χ3v) is 7.07. The Balaban J connectivity index is 1.42. The molecule has 40 heavy (non-hydrogen) atoms. The molecule has 0 saturated carbocycles. The summed E-state index contributed by atoms with van der Waals surface area (Å²) in [5, 5.41) is 8.35. The summed E-state index contributed by atoms with van der Waals surface area (Å²) < 4.78 is 29.9. The Morgan fingerprint density at radius 2 is 2.00 bits per heavy atom. The number of fused-ring (bicyclic) bond motifs is 1. The van der Waals surface area contributed by atoms with Crippen molar-refractivity contribution in [3.8, 4) is 11.3 Å². The van der Waals surface area contributed by atoms with Gasteiger partial charge in [-0.1, -0.05) is 25.1 Å². The molecule has 1 atom stereocenters. The maximum Gasteiger partial charge on any atom is 0.294 e. The van der Waals surface area contributed by atoms with Gasteiger partial charge in [-0.2, -0.15) is 5.10 Å². The molecule has 4 aromatic rings. The van der Waals surface area contributed by atoms with E-state index in [1.807, 2.05) is 4.68 Å². The summed E-state index contributed by atoms with van der Waals surface area (Å²) in [7, 11) is 0. The zero-order valence-corrected chi connectivity index (χ0v) is 22.3. The average molecular weight is 567 g/mol. The molecule has 2 amide bonds. The quantitative estimate of drug-likeness (QED) is 0.311. The van der Waals surface area contributed by atoms with Gasteiger partial charge in [0.2, 0.25) is 11.7 Å². The molecule has 10 nitrogen and oxygen atoms in total. The number of hydrogen-bond acceptors (Lipinski definition) is 7. The van der Waals surface area contributed by atoms with Crippen LogP contribution in [0.3, 0.4) is 0 Å². The van der Waals surface area contributed by atoms with E-state index >= 15 is 0 Å². The molecule has 1 unspecified atom stereocenters. The van der Waals surface area contributed by atoms with Crippen LogP contribution in [0, 0.1) is 0 Å². The van der Waals surface area contributed by atoms with Crippen LogP contribution in [0.25, 0.3) is 22.2 Å². The number of anilines is 1. The summed E-state index contributed by atoms with van der Waals surface area (Å²) in [6, 6.07) is 2.21. The number of nitrogens with zero attached hydrogens (tertiary/aromatic N) is 7. The summed E-state index contributed by atoms with van der Waals surface area (Å²) >= 11 is 6.54. The van der Waals surface area contributed by atoms with Crippen molar-refractivity contribution in [3.63, 3.8) is 0 Å². The number of halogens is 3. The second-order valence-corrected chi connectivity index (χ2v) is 9.74. The number of carbonyl (C=O) groups excluding carboxylic acids is 2. The fourth-order valence-corrected chi connectivity index (χ4v) is 4.92. The van der Waals surface area contributed by atoms with Crippen LogP contribution in [-0.2, 0) is 10.7 Å². The predicted octanol–water partition coefficient (Wildman–Crippen LogP) is 5.04. The first-order chi connectivity index (χ1) is 19.2. The standard InChI is InChI=1S/C27H25ClF2N8O2/c1-3-22(39)37-9-5-6-18(15-37)38-24-19(13-31-14-20(24)28)23(36-38)16-11-33-25(34-12-16)26(40)35-21-10-17(7-8-32-21)27(29,30)4-2/h3,7-8,10-14,18H,1,4-6,9,15H2,2H3,(H,32,35,40). The van der Waals surface area contributed by atoms with E-state index in [0.29, 0.717) is 40.3 Å². The smallest absolute Gasteiger partial charge is 0.294 e. The normalized spacial score (nSPS) is 15.7. The minimum atomic E-state index is -3.04. The fraction of sp³-hybridized carbons (Fsp3) is 0.296. The van der Waals surface area contributed by atoms with Crippen molar-refractivity contribution in [2.45, 2.75) is 38.2 Å². The van der Waals surface area contributed by atoms with Gasteiger partial charge in [-0.25, -0.2) is 23.7 Å². The molecular formula is C27H25ClF2N8O2. The number of nitrogens with one attached hydrogen (secondary N) is 1. The van der Waals surface area contributed by atoms with Gasteiger partial charge in [0, 0.05) is 67.0 Å². The lowest BCUT2D eigenvalue weighted by Gasteiger charge is -2.32. The van der Waals surface area contributed by atoms with E-state index in [1.165, 1.54) is 43.9 Å². The molecule has 0 aliphatic carbocycles. The number of rotatable bonds is 7. The number of amides is 2. The van der Waals surface area contributed by atoms with Crippen LogP contribution in [0.5, 0.6) is 0 Å². The Kier molecular flexibility index (Phi) is 7.53. The highest BCUT2D eigenvalue weighted by molar-refractivity contribution is 6.35. The lowest BCUT2D eigenvalue weighted by Crippen LogP contribution is -2.40. The van der Waals surface area contributed by atoms with Gasteiger partial charge in [-0.05, 0) is 31.1 Å². The Bertz CT molecular complexity index is 1590. The molecule has 1 aliphatic heterocycles. The van der Waals surface area contributed by atoms with E-state index in [4.69, 9.17) is 16.7 Å². The summed E-state index contributed by atoms with van der Waals surface area (Å²) in [4.78, 5) is 43.2. The number of likely N-dealkylation sites (tertiary alicyclic amines) is 1. The lowest BCUT2D eigenvalue weighted by atomic mass is 10.1. The third-order valence-electron chi connectivity index (χ3n) is 6.79. The predicted molar refractivity (Wildman–Crippen MR) is 145 cm³/mol. The molecule has 0 spiro atoms. The van der Waals surface area contributed by atoms with Crippen molar-refractivity contribution in [1.29, 1.82) is 0 Å². The molecule has 1 saturated heterocycles. The van der Waals surface area contributed by atoms with E-state index < -0.39 is 11.8 Å². The largest absolute Gasteiger partial charge is 0.337 e. The number of pyridine rings is 2. The van der Waals surface area contributed by atoms with Gasteiger partial charge in [0.05, 0.1) is 16.6 Å². The number of hydrogen-bond donors (Lipinski definition) is 1. The van der Waals surface area contributed by atoms with Crippen molar-refractivity contribution in [3.05, 3.63) is 72.2 Å². The summed E-state index contributed by atoms with van der Waals surface area (Å²) in [6.07, 6.45) is 9.77. The minimum absolute atomic E-state index is 0.0368. The van der Waals surface area contributed by atoms with Crippen molar-refractivity contribution >= 4 is 40.1 Å². The van der Waals surface area contributed by atoms with Crippen LogP contribution in [0.1, 0.15) is 48.4 Å². The van der Waals surface area contributed by atoms with Gasteiger partial charge in [-0.3, -0.25) is 19.3 Å². The number of carbonyl (C=O) groups is 2. The van der Waals surface area contributed by atoms with E-state index in [0.717, 1.165) is 18.9 Å². The van der Waals surface area contributed by atoms with Crippen LogP contribution in [-0.4, -0.2) is 59.5 Å². The highest BCUT2D eigenvalue weighted by Crippen LogP contribution is 2.35. The first-order valence-electron chi connectivity index (χ1n) is 12.6. The zero-order valence-electron chi connectivity index (χ0n) is 21.5. The van der Waals surface area contributed by atoms with Crippen molar-refractivity contribution in [2.24, 2.45) is 0 Å². The monoisotopic (exact) mass is 566 g/mol. The Labute approximate surface area is 233 Å². The molecule has 0 radical (unpaired) electrons. The maximum absolute atomic E-state index is 14.1. The minimum Gasteiger partial charge on any atom is -0.337 e. The molecule has 4 aromatic heterocycles. The fourth-order valence-electron chi connectivity index (χ4n) is 4.68. The van der Waals surface area contributed by atoms with Crippen molar-refractivity contribution in [1.82, 2.24) is 34.6 Å². The van der Waals surface area contributed by atoms with E-state index in [-0.39, 0.29) is 35.6 Å². The van der Waals surface area contributed by atoms with Gasteiger partial charge in [-0.15, -0.1) is 0 Å². The summed E-state index contributed by atoms with van der Waals surface area (Å²) in [5.74, 6) is -4.10. The molecule has 5 heterocycles. The Hall–Kier alpha value is -4.32. The van der Waals surface area contributed by atoms with Gasteiger partial charge >= 0.3 is 0 Å². The lowest BCUT2D eigenvalue weighted by molar-refractivity contribution is -0.127. The molecule has 206 valence electrons. The molecule has 1 fully saturated rings. The van der Waals surface area contributed by atoms with E-state index in [2.05, 4.69) is 31.8 Å². The van der Waals surface area contributed by atoms with E-state index in [1.54, 1.807) is 11.1 Å². The van der Waals surface area contributed by atoms with Gasteiger partial charge in [0.25, 0.3) is 11.8 Å². The van der Waals surface area contributed by atoms with E-state index in [9.17, 15) is 18.4 Å². The van der Waals surface area contributed by atoms with Crippen molar-refractivity contribution < 1.29 is 18.4 Å². The average Bonchev–Trinajstić information content (AvgIpc) is 3.38. The summed E-state index contributed by atoms with van der Waals surface area (Å²) in [6.45, 7) is 6.05. The van der Waals surface area contributed by atoms with Crippen molar-refractivity contribution in [2.75, 3.05) is 18.4 Å². The molecule has 1 N–H and O–H groups in total. The van der Waals surface area contributed by atoms with Gasteiger partial charge < -0.3 is 10.2 Å². The van der Waals surface area contributed by atoms with Crippen LogP contribution in [0.15, 0.2) is 55.8 Å². The molecule has 0 bridgehead atoms. The Morgan fingerprint density at radius 1 is 1.23 bits per heavy atom. The second-order valence-electron chi connectivity index (χ2n) is 9.33. The maximum atomic E-state index is 14.1. The number of aromatic nitrogens is 6. The van der Waals surface area contributed by atoms with Crippen LogP contribution < -0.4 is 5.32 Å². The SMILES string of the molecule is C=CC(=O)N1CCCC(n2nc(-c3cnc(C(=O)Nc4cc(C(F)(F)CC)ccn4)nc3)c3cncc(Cl)c32)C1. The van der Waals surface area contributed by atoms with Gasteiger partial charge in [0.1, 0.15) is 11.5 Å². The molecule has 0 aromatic carbocycles. The highest BCUT2D eigenvalue weighted by Gasteiger charge is 2.30. The second kappa shape index (κ2) is 11.0. The molecule has 1 aliphatic rings. The third kappa shape index (κ3) is 5.26. The number of piperidine rings is 1.